The molecule has 0 aliphatic carbocycles. The molecule has 0 unspecified atom stereocenters. The highest BCUT2D eigenvalue weighted by Gasteiger charge is 2.38. The molecule has 2 aromatic carbocycles. The molecule has 1 saturated heterocycles. The second kappa shape index (κ2) is 7.51. The van der Waals surface area contributed by atoms with Crippen LogP contribution in [0.25, 0.3) is 0 Å². The van der Waals surface area contributed by atoms with E-state index in [9.17, 15) is 19.7 Å². The van der Waals surface area contributed by atoms with E-state index in [1.165, 1.54) is 18.2 Å². The van der Waals surface area contributed by atoms with Crippen molar-refractivity contribution in [2.45, 2.75) is 19.9 Å². The molecule has 2 aromatic rings. The van der Waals surface area contributed by atoms with Crippen molar-refractivity contribution in [3.05, 3.63) is 81.5 Å². The van der Waals surface area contributed by atoms with E-state index in [2.05, 4.69) is 22.5 Å². The molecule has 1 aliphatic rings. The van der Waals surface area contributed by atoms with Gasteiger partial charge in [0.1, 0.15) is 5.92 Å². The largest absolute Gasteiger partial charge is 0.330 e. The number of hydrogen-bond acceptors (Lipinski definition) is 4. The molecule has 1 fully saturated rings. The Balaban J connectivity index is 1.95. The Morgan fingerprint density at radius 3 is 2.64 bits per heavy atom. The van der Waals surface area contributed by atoms with Crippen molar-refractivity contribution in [1.82, 2.24) is 10.6 Å². The summed E-state index contributed by atoms with van der Waals surface area (Å²) in [6.45, 7) is 7.66. The molecule has 0 radical (unpaired) electrons. The zero-order chi connectivity index (χ0) is 20.4. The first-order valence-electron chi connectivity index (χ1n) is 8.65. The number of amides is 3. The summed E-state index contributed by atoms with van der Waals surface area (Å²) in [4.78, 5) is 35.6. The predicted octanol–water partition coefficient (Wildman–Crippen LogP) is 3.33. The standard InChI is InChI=1S/C20H20N4O4/c1-11-6-4-9-16(12(11)2)22-19(25)17-13(3)21-20(26)23-18(17)14-7-5-8-15(10-14)24(27)28/h4-10,17-18H,3H2,1-2H3,(H,22,25)(H2,21,23,26)/t17-,18-/m0/s1. The van der Waals surface area contributed by atoms with E-state index in [4.69, 9.17) is 0 Å². The minimum absolute atomic E-state index is 0.121. The summed E-state index contributed by atoms with van der Waals surface area (Å²) in [5, 5.41) is 19.2. The third kappa shape index (κ3) is 3.71. The zero-order valence-corrected chi connectivity index (χ0v) is 15.5. The van der Waals surface area contributed by atoms with Crippen LogP contribution in [0.4, 0.5) is 16.2 Å². The molecule has 1 aliphatic heterocycles. The molecule has 0 spiro atoms. The number of rotatable bonds is 4. The molecular weight excluding hydrogens is 360 g/mol. The highest BCUT2D eigenvalue weighted by Crippen LogP contribution is 2.32. The van der Waals surface area contributed by atoms with Crippen molar-refractivity contribution in [2.24, 2.45) is 5.92 Å². The molecule has 3 N–H and O–H groups in total. The van der Waals surface area contributed by atoms with Crippen LogP contribution >= 0.6 is 0 Å². The van der Waals surface area contributed by atoms with Crippen LogP contribution in [-0.2, 0) is 4.79 Å². The van der Waals surface area contributed by atoms with Gasteiger partial charge in [-0.3, -0.25) is 14.9 Å². The Bertz CT molecular complexity index is 986. The Morgan fingerprint density at radius 1 is 1.21 bits per heavy atom. The van der Waals surface area contributed by atoms with Gasteiger partial charge in [-0.2, -0.15) is 0 Å². The number of non-ortho nitro benzene ring substituents is 1. The summed E-state index contributed by atoms with van der Waals surface area (Å²) >= 11 is 0. The maximum Gasteiger partial charge on any atom is 0.319 e. The van der Waals surface area contributed by atoms with Gasteiger partial charge in [0.15, 0.2) is 0 Å². The van der Waals surface area contributed by atoms with Gasteiger partial charge in [0.05, 0.1) is 11.0 Å². The van der Waals surface area contributed by atoms with Gasteiger partial charge in [0.25, 0.3) is 5.69 Å². The van der Waals surface area contributed by atoms with Crippen LogP contribution in [0.1, 0.15) is 22.7 Å². The predicted molar refractivity (Wildman–Crippen MR) is 105 cm³/mol. The molecule has 8 nitrogen and oxygen atoms in total. The number of benzene rings is 2. The number of nitrogens with zero attached hydrogens (tertiary/aromatic N) is 1. The second-order valence-corrected chi connectivity index (χ2v) is 6.67. The lowest BCUT2D eigenvalue weighted by Gasteiger charge is -2.34. The third-order valence-electron chi connectivity index (χ3n) is 4.85. The molecule has 1 heterocycles. The first-order valence-corrected chi connectivity index (χ1v) is 8.65. The van der Waals surface area contributed by atoms with Crippen LogP contribution in [0.5, 0.6) is 0 Å². The number of nitro benzene ring substituents is 1. The molecule has 144 valence electrons. The van der Waals surface area contributed by atoms with Gasteiger partial charge < -0.3 is 16.0 Å². The van der Waals surface area contributed by atoms with Crippen LogP contribution < -0.4 is 16.0 Å². The topological polar surface area (TPSA) is 113 Å². The highest BCUT2D eigenvalue weighted by molar-refractivity contribution is 5.97. The summed E-state index contributed by atoms with van der Waals surface area (Å²) in [6.07, 6.45) is 0. The van der Waals surface area contributed by atoms with E-state index in [0.29, 0.717) is 11.3 Å². The number of aryl methyl sites for hydroxylation is 1. The van der Waals surface area contributed by atoms with E-state index in [0.717, 1.165) is 11.1 Å². The molecule has 8 heteroatoms. The maximum absolute atomic E-state index is 13.1. The van der Waals surface area contributed by atoms with Crippen molar-refractivity contribution in [1.29, 1.82) is 0 Å². The van der Waals surface area contributed by atoms with Gasteiger partial charge in [-0.1, -0.05) is 30.8 Å². The number of carbonyl (C=O) groups excluding carboxylic acids is 2. The van der Waals surface area contributed by atoms with Crippen LogP contribution in [0.15, 0.2) is 54.7 Å². The number of hydrogen-bond donors (Lipinski definition) is 3. The average molecular weight is 380 g/mol. The molecule has 2 atom stereocenters. The van der Waals surface area contributed by atoms with Gasteiger partial charge in [0.2, 0.25) is 5.91 Å². The Hall–Kier alpha value is -3.68. The lowest BCUT2D eigenvalue weighted by atomic mass is 9.88. The summed E-state index contributed by atoms with van der Waals surface area (Å²) in [6, 6.07) is 10.1. The monoisotopic (exact) mass is 380 g/mol. The fourth-order valence-corrected chi connectivity index (χ4v) is 3.20. The van der Waals surface area contributed by atoms with E-state index in [1.807, 2.05) is 26.0 Å². The minimum atomic E-state index is -0.848. The zero-order valence-electron chi connectivity index (χ0n) is 15.5. The summed E-state index contributed by atoms with van der Waals surface area (Å²) in [5.41, 5.74) is 3.18. The summed E-state index contributed by atoms with van der Waals surface area (Å²) in [7, 11) is 0. The normalized spacial score (nSPS) is 18.8. The van der Waals surface area contributed by atoms with Crippen molar-refractivity contribution < 1.29 is 14.5 Å². The first-order chi connectivity index (χ1) is 13.3. The van der Waals surface area contributed by atoms with E-state index < -0.39 is 22.9 Å². The Labute approximate surface area is 161 Å². The number of nitrogens with one attached hydrogen (secondary N) is 3. The molecule has 28 heavy (non-hydrogen) atoms. The summed E-state index contributed by atoms with van der Waals surface area (Å²) < 4.78 is 0. The van der Waals surface area contributed by atoms with Gasteiger partial charge in [-0.25, -0.2) is 4.79 Å². The van der Waals surface area contributed by atoms with Gasteiger partial charge in [0, 0.05) is 23.5 Å². The highest BCUT2D eigenvalue weighted by atomic mass is 16.6. The van der Waals surface area contributed by atoms with Crippen LogP contribution in [0.3, 0.4) is 0 Å². The lowest BCUT2D eigenvalue weighted by molar-refractivity contribution is -0.384. The van der Waals surface area contributed by atoms with Crippen molar-refractivity contribution in [3.8, 4) is 0 Å². The molecule has 3 rings (SSSR count). The molecule has 3 amide bonds. The Kier molecular flexibility index (Phi) is 5.12. The molecule has 0 bridgehead atoms. The first kappa shape index (κ1) is 19.1. The second-order valence-electron chi connectivity index (χ2n) is 6.67. The van der Waals surface area contributed by atoms with Crippen LogP contribution in [-0.4, -0.2) is 16.9 Å². The minimum Gasteiger partial charge on any atom is -0.330 e. The number of anilines is 1. The number of carbonyl (C=O) groups is 2. The van der Waals surface area contributed by atoms with Gasteiger partial charge in [-0.15, -0.1) is 0 Å². The fourth-order valence-electron chi connectivity index (χ4n) is 3.20. The SMILES string of the molecule is C=C1NC(=O)N[C@@H](c2cccc([N+](=O)[O-])c2)[C@H]1C(=O)Nc1cccc(C)c1C. The number of nitro groups is 1. The van der Waals surface area contributed by atoms with E-state index in [1.54, 1.807) is 12.1 Å². The molecule has 0 saturated carbocycles. The van der Waals surface area contributed by atoms with E-state index >= 15 is 0 Å². The third-order valence-corrected chi connectivity index (χ3v) is 4.85. The van der Waals surface area contributed by atoms with Gasteiger partial charge in [-0.05, 0) is 36.6 Å². The average Bonchev–Trinajstić information content (AvgIpc) is 2.64. The quantitative estimate of drug-likeness (QED) is 0.557. The molecule has 0 aromatic heterocycles. The number of urea groups is 1. The Morgan fingerprint density at radius 2 is 1.93 bits per heavy atom. The lowest BCUT2D eigenvalue weighted by Crippen LogP contribution is -2.51. The van der Waals surface area contributed by atoms with Crippen LogP contribution in [0.2, 0.25) is 0 Å². The maximum atomic E-state index is 13.1. The summed E-state index contributed by atoms with van der Waals surface area (Å²) in [5.74, 6) is -1.22. The molecular formula is C20H20N4O4. The smallest absolute Gasteiger partial charge is 0.319 e. The fraction of sp³-hybridized carbons (Fsp3) is 0.200. The van der Waals surface area contributed by atoms with Crippen molar-refractivity contribution >= 4 is 23.3 Å². The van der Waals surface area contributed by atoms with Crippen LogP contribution in [0, 0.1) is 29.9 Å². The van der Waals surface area contributed by atoms with Crippen molar-refractivity contribution in [2.75, 3.05) is 5.32 Å². The van der Waals surface area contributed by atoms with E-state index in [-0.39, 0.29) is 17.3 Å². The van der Waals surface area contributed by atoms with Crippen molar-refractivity contribution in [3.63, 3.8) is 0 Å². The van der Waals surface area contributed by atoms with Gasteiger partial charge >= 0.3 is 6.03 Å².